The summed E-state index contributed by atoms with van der Waals surface area (Å²) in [5.41, 5.74) is 4.12. The Kier molecular flexibility index (Phi) is 4.79. The second-order valence-corrected chi connectivity index (χ2v) is 4.32. The molecule has 0 spiro atoms. The molecule has 0 atom stereocenters. The van der Waals surface area contributed by atoms with E-state index < -0.39 is 11.9 Å². The van der Waals surface area contributed by atoms with Gasteiger partial charge in [-0.05, 0) is 12.1 Å². The van der Waals surface area contributed by atoms with Crippen molar-refractivity contribution in [2.75, 3.05) is 6.61 Å². The Morgan fingerprint density at radius 1 is 1.19 bits per heavy atom. The maximum atomic E-state index is 12.9. The van der Waals surface area contributed by atoms with Crippen molar-refractivity contribution in [2.24, 2.45) is 5.73 Å². The Morgan fingerprint density at radius 2 is 1.90 bits per heavy atom. The van der Waals surface area contributed by atoms with Crippen LogP contribution in [0.2, 0.25) is 0 Å². The van der Waals surface area contributed by atoms with Gasteiger partial charge in [0.25, 0.3) is 0 Å². The highest BCUT2D eigenvalue weighted by atomic mass is 19.4. The molecule has 0 aliphatic carbocycles. The molecule has 0 aliphatic rings. The first-order chi connectivity index (χ1) is 10.0. The van der Waals surface area contributed by atoms with E-state index in [9.17, 15) is 13.2 Å². The number of hydrogen-bond acceptors (Lipinski definition) is 4. The van der Waals surface area contributed by atoms with Crippen LogP contribution in [0.4, 0.5) is 13.2 Å². The lowest BCUT2D eigenvalue weighted by molar-refractivity contribution is -0.144. The highest BCUT2D eigenvalue weighted by Crippen LogP contribution is 2.31. The minimum atomic E-state index is -4.52. The zero-order valence-corrected chi connectivity index (χ0v) is 11.2. The van der Waals surface area contributed by atoms with Crippen LogP contribution in [0.3, 0.4) is 0 Å². The van der Waals surface area contributed by atoms with E-state index in [1.54, 1.807) is 12.1 Å². The van der Waals surface area contributed by atoms with E-state index in [2.05, 4.69) is 10.3 Å². The van der Waals surface area contributed by atoms with Crippen LogP contribution in [0.1, 0.15) is 17.8 Å². The van der Waals surface area contributed by atoms with Gasteiger partial charge in [-0.1, -0.05) is 23.4 Å². The van der Waals surface area contributed by atoms with Gasteiger partial charge >= 0.3 is 6.18 Å². The maximum Gasteiger partial charge on any atom is 0.434 e. The lowest BCUT2D eigenvalue weighted by atomic mass is 10.3. The normalized spacial score (nSPS) is 11.6. The first-order valence-electron chi connectivity index (χ1n) is 6.40. The summed E-state index contributed by atoms with van der Waals surface area (Å²) in [6.45, 7) is 0.0587. The first kappa shape index (κ1) is 15.3. The molecule has 0 amide bonds. The van der Waals surface area contributed by atoms with Crippen LogP contribution in [0.5, 0.6) is 5.75 Å². The van der Waals surface area contributed by atoms with E-state index in [0.29, 0.717) is 18.8 Å². The number of aromatic nitrogens is 3. The number of nitrogens with two attached hydrogens (primary N) is 1. The molecule has 5 nitrogen and oxygen atoms in total. The van der Waals surface area contributed by atoms with Crippen LogP contribution in [-0.2, 0) is 19.3 Å². The Labute approximate surface area is 119 Å². The fraction of sp³-hybridized carbons (Fsp3) is 0.385. The van der Waals surface area contributed by atoms with Gasteiger partial charge in [-0.3, -0.25) is 0 Å². The van der Waals surface area contributed by atoms with Crippen molar-refractivity contribution in [1.82, 2.24) is 15.0 Å². The van der Waals surface area contributed by atoms with Gasteiger partial charge in [0.2, 0.25) is 0 Å². The van der Waals surface area contributed by atoms with Crippen molar-refractivity contribution >= 4 is 0 Å². The third-order valence-electron chi connectivity index (χ3n) is 2.79. The summed E-state index contributed by atoms with van der Waals surface area (Å²) in [6.07, 6.45) is -4.14. The van der Waals surface area contributed by atoms with Gasteiger partial charge in [-0.15, -0.1) is 5.10 Å². The third-order valence-corrected chi connectivity index (χ3v) is 2.79. The monoisotopic (exact) mass is 300 g/mol. The summed E-state index contributed by atoms with van der Waals surface area (Å²) in [6, 6.07) is 9.06. The van der Waals surface area contributed by atoms with E-state index in [4.69, 9.17) is 10.5 Å². The largest absolute Gasteiger partial charge is 0.494 e. The van der Waals surface area contributed by atoms with Crippen LogP contribution in [0, 0.1) is 0 Å². The Morgan fingerprint density at radius 3 is 2.52 bits per heavy atom. The van der Waals surface area contributed by atoms with Crippen LogP contribution in [0.25, 0.3) is 0 Å². The second-order valence-electron chi connectivity index (χ2n) is 4.32. The van der Waals surface area contributed by atoms with Crippen molar-refractivity contribution in [3.05, 3.63) is 41.7 Å². The van der Waals surface area contributed by atoms with Gasteiger partial charge in [-0.2, -0.15) is 13.2 Å². The quantitative estimate of drug-likeness (QED) is 0.831. The Hall–Kier alpha value is -2.09. The SMILES string of the molecule is NCc1nnn(CCCOc2ccccc2)c1C(F)(F)F. The smallest absolute Gasteiger partial charge is 0.434 e. The lowest BCUT2D eigenvalue weighted by Crippen LogP contribution is -2.18. The van der Waals surface area contributed by atoms with E-state index >= 15 is 0 Å². The van der Waals surface area contributed by atoms with Gasteiger partial charge in [0.1, 0.15) is 11.4 Å². The van der Waals surface area contributed by atoms with Crippen molar-refractivity contribution < 1.29 is 17.9 Å². The maximum absolute atomic E-state index is 12.9. The topological polar surface area (TPSA) is 66.0 Å². The molecule has 2 rings (SSSR count). The van der Waals surface area contributed by atoms with Crippen molar-refractivity contribution in [3.8, 4) is 5.75 Å². The molecule has 8 heteroatoms. The zero-order chi connectivity index (χ0) is 15.3. The molecule has 0 saturated heterocycles. The number of para-hydroxylation sites is 1. The number of nitrogens with zero attached hydrogens (tertiary/aromatic N) is 3. The van der Waals surface area contributed by atoms with Crippen molar-refractivity contribution in [3.63, 3.8) is 0 Å². The van der Waals surface area contributed by atoms with Gasteiger partial charge < -0.3 is 10.5 Å². The highest BCUT2D eigenvalue weighted by molar-refractivity contribution is 5.20. The van der Waals surface area contributed by atoms with Crippen LogP contribution < -0.4 is 10.5 Å². The molecule has 1 heterocycles. The minimum Gasteiger partial charge on any atom is -0.494 e. The molecule has 0 radical (unpaired) electrons. The molecule has 0 aliphatic heterocycles. The predicted molar refractivity (Wildman–Crippen MR) is 69.5 cm³/mol. The van der Waals surface area contributed by atoms with E-state index in [0.717, 1.165) is 4.68 Å². The summed E-state index contributed by atoms with van der Waals surface area (Å²) >= 11 is 0. The Bertz CT molecular complexity index is 569. The second kappa shape index (κ2) is 6.57. The molecule has 0 unspecified atom stereocenters. The van der Waals surface area contributed by atoms with Crippen LogP contribution in [-0.4, -0.2) is 21.6 Å². The molecule has 21 heavy (non-hydrogen) atoms. The molecule has 0 bridgehead atoms. The number of rotatable bonds is 6. The molecule has 0 saturated carbocycles. The molecule has 0 fully saturated rings. The van der Waals surface area contributed by atoms with E-state index in [1.807, 2.05) is 18.2 Å². The molecule has 1 aromatic heterocycles. The summed E-state index contributed by atoms with van der Waals surface area (Å²) in [7, 11) is 0. The average Bonchev–Trinajstić information content (AvgIpc) is 2.88. The molecule has 1 aromatic carbocycles. The highest BCUT2D eigenvalue weighted by Gasteiger charge is 2.38. The fourth-order valence-corrected chi connectivity index (χ4v) is 1.87. The Balaban J connectivity index is 1.93. The summed E-state index contributed by atoms with van der Waals surface area (Å²) in [5, 5.41) is 6.97. The van der Waals surface area contributed by atoms with E-state index in [1.165, 1.54) is 0 Å². The molecule has 114 valence electrons. The average molecular weight is 300 g/mol. The number of hydrogen-bond donors (Lipinski definition) is 1. The number of benzene rings is 1. The van der Waals surface area contributed by atoms with Crippen molar-refractivity contribution in [1.29, 1.82) is 0 Å². The zero-order valence-electron chi connectivity index (χ0n) is 11.2. The number of halogens is 3. The number of ether oxygens (including phenoxy) is 1. The third kappa shape index (κ3) is 3.94. The van der Waals surface area contributed by atoms with Gasteiger partial charge in [0, 0.05) is 19.5 Å². The van der Waals surface area contributed by atoms with Gasteiger partial charge in [-0.25, -0.2) is 4.68 Å². The summed E-state index contributed by atoms with van der Waals surface area (Å²) in [4.78, 5) is 0. The van der Waals surface area contributed by atoms with Gasteiger partial charge in [0.15, 0.2) is 5.69 Å². The standard InChI is InChI=1S/C13H15F3N4O/c14-13(15,16)12-11(9-17)18-19-20(12)7-4-8-21-10-5-2-1-3-6-10/h1-3,5-6H,4,7-9,17H2. The van der Waals surface area contributed by atoms with Crippen molar-refractivity contribution in [2.45, 2.75) is 25.7 Å². The molecular formula is C13H15F3N4O. The van der Waals surface area contributed by atoms with Crippen LogP contribution in [0.15, 0.2) is 30.3 Å². The first-order valence-corrected chi connectivity index (χ1v) is 6.40. The fourth-order valence-electron chi connectivity index (χ4n) is 1.87. The molecular weight excluding hydrogens is 285 g/mol. The summed E-state index contributed by atoms with van der Waals surface area (Å²) in [5.74, 6) is 0.676. The van der Waals surface area contributed by atoms with E-state index in [-0.39, 0.29) is 18.8 Å². The lowest BCUT2D eigenvalue weighted by Gasteiger charge is -2.11. The number of aryl methyl sites for hydroxylation is 1. The molecule has 2 aromatic rings. The minimum absolute atomic E-state index is 0.0642. The number of alkyl halides is 3. The predicted octanol–water partition coefficient (Wildman–Crippen LogP) is 2.22. The molecule has 2 N–H and O–H groups in total. The van der Waals surface area contributed by atoms with Gasteiger partial charge in [0.05, 0.1) is 6.61 Å². The van der Waals surface area contributed by atoms with Crippen LogP contribution >= 0.6 is 0 Å². The summed E-state index contributed by atoms with van der Waals surface area (Å²) < 4.78 is 45.0.